The summed E-state index contributed by atoms with van der Waals surface area (Å²) in [7, 11) is 1.54. The van der Waals surface area contributed by atoms with E-state index >= 15 is 0 Å². The van der Waals surface area contributed by atoms with Crippen molar-refractivity contribution in [2.45, 2.75) is 26.6 Å². The topological polar surface area (TPSA) is 66.5 Å². The average molecular weight is 590 g/mol. The number of nitrogens with zero attached hydrogens (tertiary/aromatic N) is 5. The molecule has 0 saturated carbocycles. The number of aromatic nitrogens is 5. The van der Waals surface area contributed by atoms with Crippen LogP contribution in [0.25, 0.3) is 17.2 Å². The Bertz CT molecular complexity index is 1440. The molecule has 0 unspecified atom stereocenters. The molecule has 7 nitrogen and oxygen atoms in total. The van der Waals surface area contributed by atoms with Crippen LogP contribution in [0.15, 0.2) is 84.2 Å². The number of hydrogen-bond acceptors (Lipinski definition) is 5. The summed E-state index contributed by atoms with van der Waals surface area (Å²) in [5, 5.41) is 3.73. The zero-order chi connectivity index (χ0) is 27.9. The van der Waals surface area contributed by atoms with Gasteiger partial charge in [-0.1, -0.05) is 57.4 Å². The molecule has 4 aromatic rings. The van der Waals surface area contributed by atoms with E-state index in [1.165, 1.54) is 11.8 Å². The second-order valence-electron chi connectivity index (χ2n) is 7.57. The van der Waals surface area contributed by atoms with Crippen molar-refractivity contribution in [2.24, 2.45) is 0 Å². The van der Waals surface area contributed by atoms with Crippen LogP contribution in [-0.2, 0) is 12.7 Å². The molecule has 1 aromatic carbocycles. The Kier molecular flexibility index (Phi) is 9.51. The van der Waals surface area contributed by atoms with Crippen molar-refractivity contribution >= 4 is 21.6 Å². The summed E-state index contributed by atoms with van der Waals surface area (Å²) in [5.41, 5.74) is 2.22. The van der Waals surface area contributed by atoms with E-state index in [2.05, 4.69) is 44.2 Å². The van der Waals surface area contributed by atoms with Gasteiger partial charge in [0.25, 0.3) is 5.82 Å². The summed E-state index contributed by atoms with van der Waals surface area (Å²) in [6.07, 6.45) is 2.07. The van der Waals surface area contributed by atoms with Gasteiger partial charge in [-0.3, -0.25) is 4.40 Å². The minimum absolute atomic E-state index is 0.0287. The van der Waals surface area contributed by atoms with Crippen LogP contribution in [-0.4, -0.2) is 37.9 Å². The van der Waals surface area contributed by atoms with Crippen molar-refractivity contribution in [3.8, 4) is 23.0 Å². The van der Waals surface area contributed by atoms with Crippen molar-refractivity contribution in [1.82, 2.24) is 24.1 Å². The molecule has 3 heterocycles. The van der Waals surface area contributed by atoms with Crippen molar-refractivity contribution in [1.29, 1.82) is 0 Å². The minimum Gasteiger partial charge on any atom is -0.497 e. The summed E-state index contributed by atoms with van der Waals surface area (Å²) in [4.78, 5) is 8.31. The molecule has 11 heteroatoms. The van der Waals surface area contributed by atoms with Crippen molar-refractivity contribution in [2.75, 3.05) is 13.7 Å². The molecule has 0 spiro atoms. The van der Waals surface area contributed by atoms with Gasteiger partial charge in [0, 0.05) is 12.3 Å². The van der Waals surface area contributed by atoms with Crippen LogP contribution < -0.4 is 9.47 Å². The van der Waals surface area contributed by atoms with Gasteiger partial charge in [0.2, 0.25) is 0 Å². The summed E-state index contributed by atoms with van der Waals surface area (Å²) in [6, 6.07) is 10.3. The van der Waals surface area contributed by atoms with Gasteiger partial charge >= 0.3 is 6.18 Å². The number of halogens is 4. The standard InChI is InChI=1S/C25H21BrF3N5O2.C2H6/c1-4-6-16(5-2)15-36-19-11-12-33-20(13-19)30-21(22(33)26)23-31-24(25(27,28)29)32-34(23)14-17-7-9-18(35-3)10-8-17;1-2/h4-13H,1-2,14-15H2,3H3;1-2H3/b16-6+;. The maximum atomic E-state index is 13.5. The van der Waals surface area contributed by atoms with Gasteiger partial charge in [-0.05, 0) is 45.3 Å². The second-order valence-corrected chi connectivity index (χ2v) is 8.33. The number of rotatable bonds is 9. The fourth-order valence-corrected chi connectivity index (χ4v) is 3.94. The van der Waals surface area contributed by atoms with E-state index in [-0.39, 0.29) is 24.7 Å². The third-order valence-electron chi connectivity index (χ3n) is 5.17. The van der Waals surface area contributed by atoms with Crippen LogP contribution >= 0.6 is 15.9 Å². The first-order valence-electron chi connectivity index (χ1n) is 11.6. The van der Waals surface area contributed by atoms with Gasteiger partial charge in [-0.15, -0.1) is 5.10 Å². The summed E-state index contributed by atoms with van der Waals surface area (Å²) in [6.45, 7) is 11.7. The summed E-state index contributed by atoms with van der Waals surface area (Å²) >= 11 is 3.45. The molecule has 200 valence electrons. The molecule has 0 aliphatic heterocycles. The Morgan fingerprint density at radius 3 is 2.39 bits per heavy atom. The normalized spacial score (nSPS) is 11.6. The smallest absolute Gasteiger partial charge is 0.453 e. The lowest BCUT2D eigenvalue weighted by Crippen LogP contribution is -2.09. The number of imidazole rings is 1. The van der Waals surface area contributed by atoms with E-state index < -0.39 is 12.0 Å². The maximum absolute atomic E-state index is 13.5. The Balaban J connectivity index is 0.00000195. The molecule has 0 bridgehead atoms. The van der Waals surface area contributed by atoms with Crippen LogP contribution in [0.5, 0.6) is 11.5 Å². The van der Waals surface area contributed by atoms with Gasteiger partial charge in [-0.2, -0.15) is 13.2 Å². The molecule has 0 radical (unpaired) electrons. The van der Waals surface area contributed by atoms with E-state index in [1.807, 2.05) is 13.8 Å². The monoisotopic (exact) mass is 589 g/mol. The molecule has 4 rings (SSSR count). The number of alkyl halides is 3. The summed E-state index contributed by atoms with van der Waals surface area (Å²) in [5.74, 6) is -0.113. The van der Waals surface area contributed by atoms with Crippen molar-refractivity contribution in [3.05, 3.63) is 95.5 Å². The number of allylic oxidation sites excluding steroid dienone is 2. The largest absolute Gasteiger partial charge is 0.497 e. The van der Waals surface area contributed by atoms with Gasteiger partial charge < -0.3 is 9.47 Å². The Morgan fingerprint density at radius 2 is 1.79 bits per heavy atom. The first-order valence-corrected chi connectivity index (χ1v) is 12.4. The number of benzene rings is 1. The fraction of sp³-hybridized carbons (Fsp3) is 0.222. The minimum atomic E-state index is -4.71. The summed E-state index contributed by atoms with van der Waals surface area (Å²) < 4.78 is 54.7. The van der Waals surface area contributed by atoms with E-state index in [1.54, 1.807) is 65.2 Å². The molecular weight excluding hydrogens is 563 g/mol. The van der Waals surface area contributed by atoms with Crippen LogP contribution in [0.1, 0.15) is 25.2 Å². The predicted molar refractivity (Wildman–Crippen MR) is 144 cm³/mol. The molecule has 0 amide bonds. The first-order chi connectivity index (χ1) is 18.2. The Morgan fingerprint density at radius 1 is 1.08 bits per heavy atom. The van der Waals surface area contributed by atoms with E-state index in [9.17, 15) is 13.2 Å². The molecule has 0 aliphatic rings. The molecule has 0 aliphatic carbocycles. The molecule has 38 heavy (non-hydrogen) atoms. The SMILES string of the molecule is C=C/C=C(\C=C)COc1ccn2c(Br)c(-c3nc(C(F)(F)F)nn3Cc3ccc(OC)cc3)nc2c1.CC. The number of ether oxygens (including phenoxy) is 2. The zero-order valence-electron chi connectivity index (χ0n) is 21.2. The number of hydrogen-bond donors (Lipinski definition) is 0. The lowest BCUT2D eigenvalue weighted by Gasteiger charge is -2.07. The fourth-order valence-electron chi connectivity index (χ4n) is 3.37. The van der Waals surface area contributed by atoms with Gasteiger partial charge in [0.15, 0.2) is 5.82 Å². The number of methoxy groups -OCH3 is 1. The number of fused-ring (bicyclic) bond motifs is 1. The second kappa shape index (κ2) is 12.6. The highest BCUT2D eigenvalue weighted by Gasteiger charge is 2.38. The molecule has 0 saturated heterocycles. The zero-order valence-corrected chi connectivity index (χ0v) is 22.8. The molecule has 3 aromatic heterocycles. The van der Waals surface area contributed by atoms with Crippen molar-refractivity contribution in [3.63, 3.8) is 0 Å². The molecule has 0 N–H and O–H groups in total. The third kappa shape index (κ3) is 6.52. The van der Waals surface area contributed by atoms with Crippen LogP contribution in [0.3, 0.4) is 0 Å². The van der Waals surface area contributed by atoms with Crippen molar-refractivity contribution < 1.29 is 22.6 Å². The first kappa shape index (κ1) is 28.7. The molecule has 0 fully saturated rings. The van der Waals surface area contributed by atoms with E-state index in [0.717, 1.165) is 11.1 Å². The molecule has 0 atom stereocenters. The highest BCUT2D eigenvalue weighted by molar-refractivity contribution is 9.10. The lowest BCUT2D eigenvalue weighted by molar-refractivity contribution is -0.144. The van der Waals surface area contributed by atoms with Crippen LogP contribution in [0.2, 0.25) is 0 Å². The Hall–Kier alpha value is -3.86. The quantitative estimate of drug-likeness (QED) is 0.194. The van der Waals surface area contributed by atoms with Gasteiger partial charge in [0.05, 0.1) is 13.7 Å². The highest BCUT2D eigenvalue weighted by Crippen LogP contribution is 2.33. The van der Waals surface area contributed by atoms with E-state index in [4.69, 9.17) is 9.47 Å². The predicted octanol–water partition coefficient (Wildman–Crippen LogP) is 7.13. The number of pyridine rings is 1. The van der Waals surface area contributed by atoms with Crippen LogP contribution in [0, 0.1) is 0 Å². The van der Waals surface area contributed by atoms with E-state index in [0.29, 0.717) is 21.7 Å². The lowest BCUT2D eigenvalue weighted by atomic mass is 10.2. The highest BCUT2D eigenvalue weighted by atomic mass is 79.9. The Labute approximate surface area is 227 Å². The molecular formula is C27H27BrF3N5O2. The van der Waals surface area contributed by atoms with Gasteiger partial charge in [0.1, 0.15) is 34.1 Å². The average Bonchev–Trinajstić information content (AvgIpc) is 3.48. The third-order valence-corrected chi connectivity index (χ3v) is 5.93. The van der Waals surface area contributed by atoms with Gasteiger partial charge in [-0.25, -0.2) is 14.6 Å². The maximum Gasteiger partial charge on any atom is 0.453 e. The van der Waals surface area contributed by atoms with Crippen LogP contribution in [0.4, 0.5) is 13.2 Å².